The standard InChI is InChI=1S/C9H15Br/c1-9(6-10)5-7-2-3-8(9)4-7/h7-8H,2-6H2,1H3/t7-,8+,9+/m1/s1. The summed E-state index contributed by atoms with van der Waals surface area (Å²) in [7, 11) is 0. The van der Waals surface area contributed by atoms with Crippen molar-refractivity contribution in [1.82, 2.24) is 0 Å². The van der Waals surface area contributed by atoms with E-state index in [9.17, 15) is 0 Å². The molecule has 3 atom stereocenters. The second-order valence-electron chi connectivity index (χ2n) is 4.37. The van der Waals surface area contributed by atoms with Crippen LogP contribution in [0.5, 0.6) is 0 Å². The SMILES string of the molecule is C[C@@]1(CBr)C[C@@H]2CC[C@H]1C2. The molecule has 2 fully saturated rings. The van der Waals surface area contributed by atoms with Gasteiger partial charge < -0.3 is 0 Å². The van der Waals surface area contributed by atoms with Crippen molar-refractivity contribution >= 4 is 15.9 Å². The number of halogens is 1. The van der Waals surface area contributed by atoms with Crippen LogP contribution in [0.1, 0.15) is 32.6 Å². The summed E-state index contributed by atoms with van der Waals surface area (Å²) >= 11 is 3.63. The fraction of sp³-hybridized carbons (Fsp3) is 1.00. The minimum Gasteiger partial charge on any atom is -0.0922 e. The second-order valence-corrected chi connectivity index (χ2v) is 4.93. The van der Waals surface area contributed by atoms with E-state index in [0.717, 1.165) is 11.8 Å². The lowest BCUT2D eigenvalue weighted by molar-refractivity contribution is 0.226. The average molecular weight is 203 g/mol. The highest BCUT2D eigenvalue weighted by Gasteiger charge is 2.46. The summed E-state index contributed by atoms with van der Waals surface area (Å²) in [5, 5.41) is 1.22. The van der Waals surface area contributed by atoms with Crippen LogP contribution < -0.4 is 0 Å². The Hall–Kier alpha value is 0.480. The molecule has 0 aliphatic heterocycles. The Labute approximate surface area is 71.5 Å². The molecule has 58 valence electrons. The predicted molar refractivity (Wildman–Crippen MR) is 47.3 cm³/mol. The van der Waals surface area contributed by atoms with Gasteiger partial charge in [0.1, 0.15) is 0 Å². The molecular formula is C9H15Br. The zero-order valence-corrected chi connectivity index (χ0v) is 8.15. The van der Waals surface area contributed by atoms with Gasteiger partial charge in [0.05, 0.1) is 0 Å². The van der Waals surface area contributed by atoms with Crippen molar-refractivity contribution < 1.29 is 0 Å². The van der Waals surface area contributed by atoms with Crippen LogP contribution in [-0.4, -0.2) is 5.33 Å². The van der Waals surface area contributed by atoms with E-state index in [1.165, 1.54) is 31.0 Å². The Bertz CT molecular complexity index is 144. The lowest BCUT2D eigenvalue weighted by Gasteiger charge is -2.31. The monoisotopic (exact) mass is 202 g/mol. The maximum Gasteiger partial charge on any atom is 0.00880 e. The summed E-state index contributed by atoms with van der Waals surface area (Å²) in [5.41, 5.74) is 0.670. The van der Waals surface area contributed by atoms with Crippen molar-refractivity contribution in [3.8, 4) is 0 Å². The third kappa shape index (κ3) is 0.861. The summed E-state index contributed by atoms with van der Waals surface area (Å²) in [6.45, 7) is 2.45. The predicted octanol–water partition coefficient (Wildman–Crippen LogP) is 3.21. The summed E-state index contributed by atoms with van der Waals surface area (Å²) in [4.78, 5) is 0. The molecule has 2 aliphatic rings. The lowest BCUT2D eigenvalue weighted by atomic mass is 9.77. The molecule has 0 aromatic rings. The third-order valence-electron chi connectivity index (χ3n) is 3.59. The Kier molecular flexibility index (Phi) is 1.59. The molecule has 10 heavy (non-hydrogen) atoms. The summed E-state index contributed by atoms with van der Waals surface area (Å²) in [5.74, 6) is 2.14. The zero-order valence-electron chi connectivity index (χ0n) is 6.57. The van der Waals surface area contributed by atoms with Crippen molar-refractivity contribution in [2.75, 3.05) is 5.33 Å². The van der Waals surface area contributed by atoms with Crippen LogP contribution in [0.2, 0.25) is 0 Å². The lowest BCUT2D eigenvalue weighted by Crippen LogP contribution is -2.25. The van der Waals surface area contributed by atoms with E-state index in [-0.39, 0.29) is 0 Å². The molecular weight excluding hydrogens is 188 g/mol. The van der Waals surface area contributed by atoms with E-state index < -0.39 is 0 Å². The minimum absolute atomic E-state index is 0.670. The maximum absolute atomic E-state index is 3.63. The summed E-state index contributed by atoms with van der Waals surface area (Å²) in [6.07, 6.45) is 6.05. The zero-order chi connectivity index (χ0) is 7.19. The molecule has 0 amide bonds. The van der Waals surface area contributed by atoms with Gasteiger partial charge in [0.25, 0.3) is 0 Å². The van der Waals surface area contributed by atoms with E-state index in [0.29, 0.717) is 5.41 Å². The largest absolute Gasteiger partial charge is 0.0922 e. The minimum atomic E-state index is 0.670. The molecule has 2 rings (SSSR count). The molecule has 2 bridgehead atoms. The van der Waals surface area contributed by atoms with Gasteiger partial charge in [0, 0.05) is 5.33 Å². The first-order valence-corrected chi connectivity index (χ1v) is 5.43. The van der Waals surface area contributed by atoms with Gasteiger partial charge >= 0.3 is 0 Å². The Morgan fingerprint density at radius 2 is 2.30 bits per heavy atom. The number of hydrogen-bond donors (Lipinski definition) is 0. The Morgan fingerprint density at radius 3 is 2.60 bits per heavy atom. The number of alkyl halides is 1. The quantitative estimate of drug-likeness (QED) is 0.574. The van der Waals surface area contributed by atoms with Crippen LogP contribution in [0, 0.1) is 17.3 Å². The number of fused-ring (bicyclic) bond motifs is 2. The van der Waals surface area contributed by atoms with Gasteiger partial charge in [-0.25, -0.2) is 0 Å². The van der Waals surface area contributed by atoms with E-state index >= 15 is 0 Å². The molecule has 0 unspecified atom stereocenters. The van der Waals surface area contributed by atoms with Crippen molar-refractivity contribution in [1.29, 1.82) is 0 Å². The number of hydrogen-bond acceptors (Lipinski definition) is 0. The first-order valence-electron chi connectivity index (χ1n) is 4.30. The van der Waals surface area contributed by atoms with Crippen LogP contribution >= 0.6 is 15.9 Å². The molecule has 0 heterocycles. The van der Waals surface area contributed by atoms with Crippen molar-refractivity contribution in [3.63, 3.8) is 0 Å². The topological polar surface area (TPSA) is 0 Å². The van der Waals surface area contributed by atoms with Gasteiger partial charge in [-0.3, -0.25) is 0 Å². The van der Waals surface area contributed by atoms with E-state index in [1.807, 2.05) is 0 Å². The average Bonchev–Trinajstić information content (AvgIpc) is 2.46. The van der Waals surface area contributed by atoms with Crippen LogP contribution in [0.4, 0.5) is 0 Å². The molecule has 2 aliphatic carbocycles. The third-order valence-corrected chi connectivity index (χ3v) is 4.87. The van der Waals surface area contributed by atoms with Gasteiger partial charge in [-0.2, -0.15) is 0 Å². The second kappa shape index (κ2) is 2.23. The van der Waals surface area contributed by atoms with Crippen molar-refractivity contribution in [3.05, 3.63) is 0 Å². The molecule has 0 aromatic carbocycles. The first kappa shape index (κ1) is 7.15. The van der Waals surface area contributed by atoms with Gasteiger partial charge in [-0.15, -0.1) is 0 Å². The van der Waals surface area contributed by atoms with E-state index in [4.69, 9.17) is 0 Å². The normalized spacial score (nSPS) is 52.2. The summed E-state index contributed by atoms with van der Waals surface area (Å²) in [6, 6.07) is 0. The molecule has 0 nitrogen and oxygen atoms in total. The smallest absolute Gasteiger partial charge is 0.00880 e. The molecule has 2 saturated carbocycles. The van der Waals surface area contributed by atoms with Gasteiger partial charge in [0.2, 0.25) is 0 Å². The fourth-order valence-corrected chi connectivity index (χ4v) is 3.57. The molecule has 0 N–H and O–H groups in total. The highest BCUT2D eigenvalue weighted by molar-refractivity contribution is 9.09. The summed E-state index contributed by atoms with van der Waals surface area (Å²) < 4.78 is 0. The Balaban J connectivity index is 2.14. The molecule has 0 radical (unpaired) electrons. The van der Waals surface area contributed by atoms with Crippen LogP contribution in [0.15, 0.2) is 0 Å². The van der Waals surface area contributed by atoms with Crippen LogP contribution in [0.3, 0.4) is 0 Å². The van der Waals surface area contributed by atoms with Gasteiger partial charge in [-0.05, 0) is 36.5 Å². The molecule has 1 heteroatoms. The van der Waals surface area contributed by atoms with Crippen LogP contribution in [-0.2, 0) is 0 Å². The van der Waals surface area contributed by atoms with Gasteiger partial charge in [0.15, 0.2) is 0 Å². The molecule has 0 saturated heterocycles. The highest BCUT2D eigenvalue weighted by atomic mass is 79.9. The van der Waals surface area contributed by atoms with Crippen molar-refractivity contribution in [2.24, 2.45) is 17.3 Å². The fourth-order valence-electron chi connectivity index (χ4n) is 2.88. The molecule has 0 spiro atoms. The first-order chi connectivity index (χ1) is 4.74. The molecule has 0 aromatic heterocycles. The maximum atomic E-state index is 3.63. The van der Waals surface area contributed by atoms with E-state index in [1.54, 1.807) is 0 Å². The number of rotatable bonds is 1. The highest BCUT2D eigenvalue weighted by Crippen LogP contribution is 2.56. The Morgan fingerprint density at radius 1 is 1.50 bits per heavy atom. The van der Waals surface area contributed by atoms with Crippen molar-refractivity contribution in [2.45, 2.75) is 32.6 Å². The van der Waals surface area contributed by atoms with Gasteiger partial charge in [-0.1, -0.05) is 29.3 Å². The van der Waals surface area contributed by atoms with E-state index in [2.05, 4.69) is 22.9 Å². The van der Waals surface area contributed by atoms with Crippen LogP contribution in [0.25, 0.3) is 0 Å².